The summed E-state index contributed by atoms with van der Waals surface area (Å²) < 4.78 is 3.36. The number of carbonyl (C=O) groups is 1. The van der Waals surface area contributed by atoms with E-state index >= 15 is 0 Å². The van der Waals surface area contributed by atoms with E-state index in [4.69, 9.17) is 0 Å². The highest BCUT2D eigenvalue weighted by Crippen LogP contribution is 2.16. The first-order chi connectivity index (χ1) is 14.4. The normalized spacial score (nSPS) is 11.3. The molecule has 0 radical (unpaired) electrons. The number of nitrogens with one attached hydrogen (secondary N) is 2. The average molecular weight is 412 g/mol. The van der Waals surface area contributed by atoms with E-state index in [0.29, 0.717) is 42.3 Å². The summed E-state index contributed by atoms with van der Waals surface area (Å²) in [7, 11) is 0. The SMILES string of the molecule is CCCCn1c(=O)[nH]c(=O)c2c1nc(CCC(=O)Nc1ccccn1)n2CC(C)C. The Morgan fingerprint density at radius 3 is 2.70 bits per heavy atom. The molecule has 3 rings (SSSR count). The van der Waals surface area contributed by atoms with E-state index in [9.17, 15) is 14.4 Å². The van der Waals surface area contributed by atoms with Crippen LogP contribution in [0, 0.1) is 5.92 Å². The monoisotopic (exact) mass is 412 g/mol. The molecule has 0 bridgehead atoms. The molecule has 0 aliphatic heterocycles. The van der Waals surface area contributed by atoms with Gasteiger partial charge in [-0.15, -0.1) is 0 Å². The lowest BCUT2D eigenvalue weighted by Gasteiger charge is -2.11. The predicted octanol–water partition coefficient (Wildman–Crippen LogP) is 2.31. The summed E-state index contributed by atoms with van der Waals surface area (Å²) in [5, 5.41) is 2.76. The van der Waals surface area contributed by atoms with Gasteiger partial charge in [-0.2, -0.15) is 0 Å². The van der Waals surface area contributed by atoms with Crippen molar-refractivity contribution < 1.29 is 4.79 Å². The molecule has 0 saturated heterocycles. The maximum absolute atomic E-state index is 12.6. The Morgan fingerprint density at radius 1 is 1.23 bits per heavy atom. The van der Waals surface area contributed by atoms with Gasteiger partial charge in [0.2, 0.25) is 5.91 Å². The van der Waals surface area contributed by atoms with Crippen LogP contribution in [-0.4, -0.2) is 30.0 Å². The molecule has 0 fully saturated rings. The van der Waals surface area contributed by atoms with Crippen LogP contribution in [0.25, 0.3) is 11.2 Å². The lowest BCUT2D eigenvalue weighted by atomic mass is 10.2. The number of anilines is 1. The van der Waals surface area contributed by atoms with Crippen molar-refractivity contribution >= 4 is 22.9 Å². The number of unbranched alkanes of at least 4 members (excludes halogenated alkanes) is 1. The second kappa shape index (κ2) is 9.51. The summed E-state index contributed by atoms with van der Waals surface area (Å²) in [6.45, 7) is 7.19. The van der Waals surface area contributed by atoms with E-state index in [0.717, 1.165) is 12.8 Å². The number of pyridine rings is 1. The van der Waals surface area contributed by atoms with Crippen molar-refractivity contribution in [1.29, 1.82) is 0 Å². The van der Waals surface area contributed by atoms with Crippen LogP contribution in [0.2, 0.25) is 0 Å². The molecule has 9 nitrogen and oxygen atoms in total. The number of aromatic nitrogens is 5. The maximum Gasteiger partial charge on any atom is 0.330 e. The zero-order valence-corrected chi connectivity index (χ0v) is 17.6. The van der Waals surface area contributed by atoms with Crippen molar-refractivity contribution in [2.45, 2.75) is 59.5 Å². The number of rotatable bonds is 9. The van der Waals surface area contributed by atoms with Gasteiger partial charge in [-0.3, -0.25) is 19.1 Å². The predicted molar refractivity (Wildman–Crippen MR) is 116 cm³/mol. The van der Waals surface area contributed by atoms with Gasteiger partial charge in [0.25, 0.3) is 5.56 Å². The van der Waals surface area contributed by atoms with E-state index < -0.39 is 11.2 Å². The van der Waals surface area contributed by atoms with Gasteiger partial charge >= 0.3 is 5.69 Å². The second-order valence-electron chi connectivity index (χ2n) is 7.73. The van der Waals surface area contributed by atoms with Gasteiger partial charge in [-0.05, 0) is 24.5 Å². The third-order valence-corrected chi connectivity index (χ3v) is 4.76. The Kier molecular flexibility index (Phi) is 6.81. The molecular weight excluding hydrogens is 384 g/mol. The quantitative estimate of drug-likeness (QED) is 0.560. The van der Waals surface area contributed by atoms with Crippen LogP contribution in [0.1, 0.15) is 45.9 Å². The number of H-pyrrole nitrogens is 1. The number of imidazole rings is 1. The molecular formula is C21H28N6O3. The largest absolute Gasteiger partial charge is 0.330 e. The molecule has 0 saturated carbocycles. The number of fused-ring (bicyclic) bond motifs is 1. The van der Waals surface area contributed by atoms with E-state index in [1.807, 2.05) is 25.3 Å². The van der Waals surface area contributed by atoms with Crippen LogP contribution in [0.3, 0.4) is 0 Å². The summed E-state index contributed by atoms with van der Waals surface area (Å²) >= 11 is 0. The molecule has 3 aromatic rings. The third-order valence-electron chi connectivity index (χ3n) is 4.76. The average Bonchev–Trinajstić information content (AvgIpc) is 3.05. The number of hydrogen-bond acceptors (Lipinski definition) is 5. The topological polar surface area (TPSA) is 115 Å². The Morgan fingerprint density at radius 2 is 2.03 bits per heavy atom. The highest BCUT2D eigenvalue weighted by atomic mass is 16.2. The number of carbonyl (C=O) groups excluding carboxylic acids is 1. The van der Waals surface area contributed by atoms with Crippen molar-refractivity contribution in [2.24, 2.45) is 5.92 Å². The smallest absolute Gasteiger partial charge is 0.322 e. The molecule has 0 unspecified atom stereocenters. The summed E-state index contributed by atoms with van der Waals surface area (Å²) in [5.74, 6) is 1.19. The van der Waals surface area contributed by atoms with Crippen LogP contribution in [0.15, 0.2) is 34.0 Å². The summed E-state index contributed by atoms with van der Waals surface area (Å²) in [4.78, 5) is 48.5. The molecule has 2 N–H and O–H groups in total. The fraction of sp³-hybridized carbons (Fsp3) is 0.476. The van der Waals surface area contributed by atoms with E-state index in [1.165, 1.54) is 4.57 Å². The fourth-order valence-electron chi connectivity index (χ4n) is 3.36. The second-order valence-corrected chi connectivity index (χ2v) is 7.73. The van der Waals surface area contributed by atoms with Crippen LogP contribution < -0.4 is 16.6 Å². The van der Waals surface area contributed by atoms with Crippen LogP contribution >= 0.6 is 0 Å². The summed E-state index contributed by atoms with van der Waals surface area (Å²) in [6, 6.07) is 5.30. The third kappa shape index (κ3) is 4.84. The number of amides is 1. The van der Waals surface area contributed by atoms with Gasteiger partial charge in [-0.25, -0.2) is 14.8 Å². The number of aromatic amines is 1. The molecule has 1 amide bonds. The molecule has 9 heteroatoms. The van der Waals surface area contributed by atoms with Crippen LogP contribution in [0.5, 0.6) is 0 Å². The lowest BCUT2D eigenvalue weighted by Crippen LogP contribution is -2.31. The minimum atomic E-state index is -0.449. The van der Waals surface area contributed by atoms with Crippen molar-refractivity contribution in [3.8, 4) is 0 Å². The van der Waals surface area contributed by atoms with Gasteiger partial charge in [0, 0.05) is 32.1 Å². The molecule has 30 heavy (non-hydrogen) atoms. The van der Waals surface area contributed by atoms with Crippen molar-refractivity contribution in [3.05, 3.63) is 51.1 Å². The fourth-order valence-corrected chi connectivity index (χ4v) is 3.36. The van der Waals surface area contributed by atoms with Crippen molar-refractivity contribution in [3.63, 3.8) is 0 Å². The minimum absolute atomic E-state index is 0.186. The molecule has 0 atom stereocenters. The Bertz CT molecular complexity index is 1130. The number of nitrogens with zero attached hydrogens (tertiary/aromatic N) is 4. The summed E-state index contributed by atoms with van der Waals surface area (Å²) in [6.07, 6.45) is 3.87. The Hall–Kier alpha value is -3.23. The molecule has 0 aliphatic carbocycles. The van der Waals surface area contributed by atoms with Crippen molar-refractivity contribution in [1.82, 2.24) is 24.1 Å². The Balaban J connectivity index is 1.94. The zero-order valence-electron chi connectivity index (χ0n) is 17.6. The molecule has 0 spiro atoms. The molecule has 3 aromatic heterocycles. The molecule has 0 aliphatic rings. The van der Waals surface area contributed by atoms with E-state index in [-0.39, 0.29) is 18.2 Å². The minimum Gasteiger partial charge on any atom is -0.322 e. The van der Waals surface area contributed by atoms with Gasteiger partial charge in [0.15, 0.2) is 11.2 Å². The number of hydrogen-bond donors (Lipinski definition) is 2. The first-order valence-corrected chi connectivity index (χ1v) is 10.3. The number of aryl methyl sites for hydroxylation is 2. The first-order valence-electron chi connectivity index (χ1n) is 10.3. The lowest BCUT2D eigenvalue weighted by molar-refractivity contribution is -0.116. The zero-order chi connectivity index (χ0) is 21.7. The van der Waals surface area contributed by atoms with Crippen LogP contribution in [-0.2, 0) is 24.3 Å². The molecule has 0 aromatic carbocycles. The highest BCUT2D eigenvalue weighted by Gasteiger charge is 2.19. The van der Waals surface area contributed by atoms with Gasteiger partial charge in [0.1, 0.15) is 11.6 Å². The summed E-state index contributed by atoms with van der Waals surface area (Å²) in [5.41, 5.74) is -0.118. The first kappa shape index (κ1) is 21.5. The van der Waals surface area contributed by atoms with E-state index in [1.54, 1.807) is 24.4 Å². The maximum atomic E-state index is 12.6. The standard InChI is InChI=1S/C21H28N6O3/c1-4-5-12-26-19-18(20(29)25-21(26)30)27(13-14(2)3)16(24-19)9-10-17(28)23-15-8-6-7-11-22-15/h6-8,11,14H,4-5,9-10,12-13H2,1-3H3,(H,22,23,28)(H,25,29,30). The molecule has 160 valence electrons. The highest BCUT2D eigenvalue weighted by molar-refractivity contribution is 5.89. The molecule has 3 heterocycles. The van der Waals surface area contributed by atoms with Gasteiger partial charge < -0.3 is 9.88 Å². The van der Waals surface area contributed by atoms with Crippen molar-refractivity contribution in [2.75, 3.05) is 5.32 Å². The Labute approximate surface area is 174 Å². The van der Waals surface area contributed by atoms with Gasteiger partial charge in [0.05, 0.1) is 0 Å². The van der Waals surface area contributed by atoms with Gasteiger partial charge in [-0.1, -0.05) is 33.3 Å². The van der Waals surface area contributed by atoms with E-state index in [2.05, 4.69) is 20.3 Å². The van der Waals surface area contributed by atoms with Crippen LogP contribution in [0.4, 0.5) is 5.82 Å².